The maximum absolute atomic E-state index is 13.1. The summed E-state index contributed by atoms with van der Waals surface area (Å²) in [5.41, 5.74) is 1.43. The van der Waals surface area contributed by atoms with Gasteiger partial charge in [-0.3, -0.25) is 9.79 Å². The highest BCUT2D eigenvalue weighted by atomic mass is 32.1. The highest BCUT2D eigenvalue weighted by Gasteiger charge is 2.27. The minimum Gasteiger partial charge on any atom is -0.508 e. The van der Waals surface area contributed by atoms with Crippen molar-refractivity contribution in [3.63, 3.8) is 0 Å². The van der Waals surface area contributed by atoms with E-state index in [1.807, 2.05) is 23.9 Å². The Hall–Kier alpha value is -3.46. The molecule has 0 saturated heterocycles. The maximum Gasteiger partial charge on any atom is 0.329 e. The zero-order chi connectivity index (χ0) is 27.3. The molecule has 1 amide bonds. The molecule has 4 rings (SSSR count). The molecule has 0 radical (unpaired) electrons. The summed E-state index contributed by atoms with van der Waals surface area (Å²) in [7, 11) is 1.91. The number of carbonyl (C=O) groups excluding carboxylic acids is 2. The van der Waals surface area contributed by atoms with Gasteiger partial charge in [0.25, 0.3) is 5.91 Å². The molecular formula is C29H36N4O4S. The molecule has 1 unspecified atom stereocenters. The van der Waals surface area contributed by atoms with Gasteiger partial charge in [-0.15, -0.1) is 0 Å². The first-order chi connectivity index (χ1) is 18.1. The fourth-order valence-corrected chi connectivity index (χ4v) is 5.35. The second-order valence-corrected chi connectivity index (χ2v) is 11.7. The quantitative estimate of drug-likeness (QED) is 0.423. The molecule has 1 atom stereocenters. The fourth-order valence-electron chi connectivity index (χ4n) is 4.38. The molecule has 1 saturated carbocycles. The standard InChI is InChI=1S/C29H36N4O4S/c1-29(2,3)37-27(36)24(18-19-10-16-23(34)17-11-19)31-25(35)20-12-14-21(15-13-20)26-32-33(4)28(38-26)30-22-8-6-5-7-9-22/h10-17,22,24,34H,5-9,18H2,1-4H3,(H,31,35)/b30-28+. The Kier molecular flexibility index (Phi) is 8.66. The van der Waals surface area contributed by atoms with Gasteiger partial charge in [0.1, 0.15) is 22.4 Å². The largest absolute Gasteiger partial charge is 0.508 e. The van der Waals surface area contributed by atoms with E-state index in [1.54, 1.807) is 68.5 Å². The minimum atomic E-state index is -0.882. The summed E-state index contributed by atoms with van der Waals surface area (Å²) in [6.45, 7) is 5.36. The summed E-state index contributed by atoms with van der Waals surface area (Å²) in [4.78, 5) is 31.8. The van der Waals surface area contributed by atoms with E-state index >= 15 is 0 Å². The van der Waals surface area contributed by atoms with Gasteiger partial charge < -0.3 is 15.2 Å². The lowest BCUT2D eigenvalue weighted by molar-refractivity contribution is -0.157. The average molecular weight is 537 g/mol. The molecule has 0 aliphatic heterocycles. The van der Waals surface area contributed by atoms with E-state index in [0.29, 0.717) is 11.6 Å². The van der Waals surface area contributed by atoms with Gasteiger partial charge in [-0.1, -0.05) is 54.9 Å². The molecule has 2 aromatic carbocycles. The number of aromatic nitrogens is 2. The van der Waals surface area contributed by atoms with Crippen LogP contribution >= 0.6 is 11.3 Å². The smallest absolute Gasteiger partial charge is 0.329 e. The number of aryl methyl sites for hydroxylation is 1. The Morgan fingerprint density at radius 3 is 2.39 bits per heavy atom. The van der Waals surface area contributed by atoms with Crippen LogP contribution in [-0.4, -0.2) is 44.4 Å². The predicted octanol–water partition coefficient (Wildman–Crippen LogP) is 4.77. The van der Waals surface area contributed by atoms with Gasteiger partial charge in [0.15, 0.2) is 0 Å². The van der Waals surface area contributed by atoms with Crippen LogP contribution in [-0.2, 0) is 23.0 Å². The Morgan fingerprint density at radius 1 is 1.11 bits per heavy atom. The van der Waals surface area contributed by atoms with Gasteiger partial charge in [0, 0.05) is 24.6 Å². The number of nitrogens with zero attached hydrogens (tertiary/aromatic N) is 3. The van der Waals surface area contributed by atoms with Crippen molar-refractivity contribution in [2.45, 2.75) is 77.0 Å². The number of phenolic OH excluding ortho intramolecular Hbond substituents is 1. The molecule has 9 heteroatoms. The third-order valence-electron chi connectivity index (χ3n) is 6.34. The third-order valence-corrected chi connectivity index (χ3v) is 7.40. The molecule has 1 aromatic heterocycles. The molecule has 8 nitrogen and oxygen atoms in total. The summed E-state index contributed by atoms with van der Waals surface area (Å²) in [5, 5.41) is 17.9. The van der Waals surface area contributed by atoms with Crippen LogP contribution in [0.2, 0.25) is 0 Å². The van der Waals surface area contributed by atoms with Crippen molar-refractivity contribution in [2.75, 3.05) is 0 Å². The van der Waals surface area contributed by atoms with Crippen molar-refractivity contribution in [3.05, 3.63) is 64.5 Å². The van der Waals surface area contributed by atoms with Crippen molar-refractivity contribution in [2.24, 2.45) is 12.0 Å². The number of phenols is 1. The molecule has 0 bridgehead atoms. The molecule has 38 heavy (non-hydrogen) atoms. The molecule has 1 aliphatic carbocycles. The Morgan fingerprint density at radius 2 is 1.76 bits per heavy atom. The maximum atomic E-state index is 13.1. The highest BCUT2D eigenvalue weighted by Crippen LogP contribution is 2.23. The minimum absolute atomic E-state index is 0.135. The number of nitrogens with one attached hydrogen (secondary N) is 1. The number of hydrogen-bond donors (Lipinski definition) is 2. The van der Waals surface area contributed by atoms with E-state index in [1.165, 1.54) is 19.3 Å². The average Bonchev–Trinajstić information content (AvgIpc) is 3.24. The van der Waals surface area contributed by atoms with Crippen molar-refractivity contribution in [1.82, 2.24) is 15.1 Å². The second kappa shape index (κ2) is 11.9. The van der Waals surface area contributed by atoms with Crippen LogP contribution in [0.5, 0.6) is 5.75 Å². The fraction of sp³-hybridized carbons (Fsp3) is 0.448. The lowest BCUT2D eigenvalue weighted by atomic mass is 9.96. The summed E-state index contributed by atoms with van der Waals surface area (Å²) in [6, 6.07) is 13.2. The van der Waals surface area contributed by atoms with Gasteiger partial charge in [0.2, 0.25) is 4.80 Å². The lowest BCUT2D eigenvalue weighted by Gasteiger charge is -2.24. The number of rotatable bonds is 7. The zero-order valence-corrected chi connectivity index (χ0v) is 23.3. The Balaban J connectivity index is 1.48. The normalized spacial score (nSPS) is 15.7. The summed E-state index contributed by atoms with van der Waals surface area (Å²) < 4.78 is 7.38. The van der Waals surface area contributed by atoms with E-state index in [4.69, 9.17) is 9.73 Å². The third kappa shape index (κ3) is 7.54. The van der Waals surface area contributed by atoms with Crippen molar-refractivity contribution >= 4 is 23.2 Å². The lowest BCUT2D eigenvalue weighted by Crippen LogP contribution is -2.45. The number of hydrogen-bond acceptors (Lipinski definition) is 7. The molecular weight excluding hydrogens is 500 g/mol. The first-order valence-electron chi connectivity index (χ1n) is 13.1. The van der Waals surface area contributed by atoms with Crippen LogP contribution in [0.4, 0.5) is 0 Å². The first-order valence-corrected chi connectivity index (χ1v) is 13.9. The number of ether oxygens (including phenoxy) is 1. The van der Waals surface area contributed by atoms with Crippen molar-refractivity contribution < 1.29 is 19.4 Å². The molecule has 3 aromatic rings. The van der Waals surface area contributed by atoms with E-state index < -0.39 is 17.6 Å². The number of aromatic hydroxyl groups is 1. The Labute approximate surface area is 227 Å². The molecule has 202 valence electrons. The second-order valence-electron chi connectivity index (χ2n) is 10.7. The molecule has 1 aliphatic rings. The predicted molar refractivity (Wildman–Crippen MR) is 148 cm³/mol. The highest BCUT2D eigenvalue weighted by molar-refractivity contribution is 7.12. The topological polar surface area (TPSA) is 106 Å². The SMILES string of the molecule is Cn1nc(-c2ccc(C(=O)NC(Cc3ccc(O)cc3)C(=O)OC(C)(C)C)cc2)s/c1=N/C1CCCCC1. The van der Waals surface area contributed by atoms with Crippen molar-refractivity contribution in [1.29, 1.82) is 0 Å². The molecule has 1 fully saturated rings. The van der Waals surface area contributed by atoms with Crippen LogP contribution in [0.15, 0.2) is 53.5 Å². The Bertz CT molecular complexity index is 1310. The van der Waals surface area contributed by atoms with Crippen LogP contribution < -0.4 is 10.1 Å². The summed E-state index contributed by atoms with van der Waals surface area (Å²) in [5.74, 6) is -0.751. The van der Waals surface area contributed by atoms with E-state index in [-0.39, 0.29) is 18.1 Å². The number of benzene rings is 2. The van der Waals surface area contributed by atoms with Gasteiger partial charge in [0.05, 0.1) is 6.04 Å². The van der Waals surface area contributed by atoms with E-state index in [9.17, 15) is 14.7 Å². The summed E-state index contributed by atoms with van der Waals surface area (Å²) in [6.07, 6.45) is 6.26. The molecule has 1 heterocycles. The number of esters is 1. The van der Waals surface area contributed by atoms with E-state index in [0.717, 1.165) is 33.8 Å². The van der Waals surface area contributed by atoms with Crippen molar-refractivity contribution in [3.8, 4) is 16.3 Å². The van der Waals surface area contributed by atoms with Crippen LogP contribution in [0.1, 0.15) is 68.8 Å². The van der Waals surface area contributed by atoms with Gasteiger partial charge in [-0.2, -0.15) is 5.10 Å². The zero-order valence-electron chi connectivity index (χ0n) is 22.4. The van der Waals surface area contributed by atoms with E-state index in [2.05, 4.69) is 10.4 Å². The number of amides is 1. The number of carbonyl (C=O) groups is 2. The molecule has 2 N–H and O–H groups in total. The van der Waals surface area contributed by atoms with Gasteiger partial charge in [-0.05, 0) is 63.4 Å². The van der Waals surface area contributed by atoms with Crippen LogP contribution in [0.3, 0.4) is 0 Å². The first kappa shape index (κ1) is 27.6. The van der Waals surface area contributed by atoms with Gasteiger partial charge in [-0.25, -0.2) is 9.48 Å². The monoisotopic (exact) mass is 536 g/mol. The van der Waals surface area contributed by atoms with Crippen LogP contribution in [0, 0.1) is 0 Å². The summed E-state index contributed by atoms with van der Waals surface area (Å²) >= 11 is 1.55. The van der Waals surface area contributed by atoms with Gasteiger partial charge >= 0.3 is 5.97 Å². The molecule has 0 spiro atoms. The van der Waals surface area contributed by atoms with Crippen LogP contribution in [0.25, 0.3) is 10.6 Å².